The van der Waals surface area contributed by atoms with Crippen molar-refractivity contribution in [1.29, 1.82) is 0 Å². The summed E-state index contributed by atoms with van der Waals surface area (Å²) >= 11 is 0. The number of benzene rings is 1. The molecule has 0 spiro atoms. The first kappa shape index (κ1) is 13.4. The van der Waals surface area contributed by atoms with Crippen LogP contribution in [0, 0.1) is 0 Å². The fourth-order valence-corrected chi connectivity index (χ4v) is 4.19. The maximum atomic E-state index is 3.72. The molecule has 21 heavy (non-hydrogen) atoms. The minimum absolute atomic E-state index is 0.718. The predicted octanol–water partition coefficient (Wildman–Crippen LogP) is 3.27. The Morgan fingerprint density at radius 3 is 2.95 bits per heavy atom. The Labute approximate surface area is 126 Å². The number of likely N-dealkylation sites (tertiary alicyclic amines) is 1. The molecule has 1 aromatic heterocycles. The second-order valence-electron chi connectivity index (χ2n) is 6.60. The minimum Gasteiger partial charge on any atom is -0.361 e. The van der Waals surface area contributed by atoms with Gasteiger partial charge in [-0.25, -0.2) is 0 Å². The van der Waals surface area contributed by atoms with Crippen LogP contribution < -0.4 is 5.32 Å². The lowest BCUT2D eigenvalue weighted by Gasteiger charge is -2.39. The first-order chi connectivity index (χ1) is 10.4. The van der Waals surface area contributed by atoms with Crippen LogP contribution in [0.25, 0.3) is 10.9 Å². The SMILES string of the molecule is c1ccc2c(CN3CCCCC3C3CCCN3)c[nH]c2c1. The summed E-state index contributed by atoms with van der Waals surface area (Å²) < 4.78 is 0. The van der Waals surface area contributed by atoms with Crippen molar-refractivity contribution in [3.05, 3.63) is 36.0 Å². The summed E-state index contributed by atoms with van der Waals surface area (Å²) in [5.41, 5.74) is 2.72. The van der Waals surface area contributed by atoms with Crippen molar-refractivity contribution in [1.82, 2.24) is 15.2 Å². The van der Waals surface area contributed by atoms with Gasteiger partial charge in [0.05, 0.1) is 0 Å². The summed E-state index contributed by atoms with van der Waals surface area (Å²) in [4.78, 5) is 6.14. The maximum absolute atomic E-state index is 3.72. The Morgan fingerprint density at radius 2 is 2.05 bits per heavy atom. The lowest BCUT2D eigenvalue weighted by molar-refractivity contribution is 0.113. The number of nitrogens with one attached hydrogen (secondary N) is 2. The molecule has 4 rings (SSSR count). The Morgan fingerprint density at radius 1 is 1.10 bits per heavy atom. The Hall–Kier alpha value is -1.32. The number of fused-ring (bicyclic) bond motifs is 1. The molecule has 0 radical (unpaired) electrons. The molecular weight excluding hydrogens is 258 g/mol. The average Bonchev–Trinajstić information content (AvgIpc) is 3.18. The van der Waals surface area contributed by atoms with Crippen molar-refractivity contribution < 1.29 is 0 Å². The van der Waals surface area contributed by atoms with Crippen LogP contribution in [0.15, 0.2) is 30.5 Å². The molecule has 0 amide bonds. The quantitative estimate of drug-likeness (QED) is 0.906. The van der Waals surface area contributed by atoms with Crippen molar-refractivity contribution in [3.8, 4) is 0 Å². The first-order valence-corrected chi connectivity index (χ1v) is 8.44. The minimum atomic E-state index is 0.718. The zero-order valence-corrected chi connectivity index (χ0v) is 12.6. The third kappa shape index (κ3) is 2.60. The van der Waals surface area contributed by atoms with Gasteiger partial charge in [-0.3, -0.25) is 4.90 Å². The predicted molar refractivity (Wildman–Crippen MR) is 87.4 cm³/mol. The highest BCUT2D eigenvalue weighted by Gasteiger charge is 2.31. The highest BCUT2D eigenvalue weighted by Crippen LogP contribution is 2.27. The van der Waals surface area contributed by atoms with Crippen LogP contribution in [-0.4, -0.2) is 35.1 Å². The van der Waals surface area contributed by atoms with Crippen LogP contribution in [0.4, 0.5) is 0 Å². The number of nitrogens with zero attached hydrogens (tertiary/aromatic N) is 1. The van der Waals surface area contributed by atoms with Gasteiger partial charge in [-0.15, -0.1) is 0 Å². The molecule has 2 unspecified atom stereocenters. The maximum Gasteiger partial charge on any atom is 0.0457 e. The summed E-state index contributed by atoms with van der Waals surface area (Å²) in [5, 5.41) is 5.11. The van der Waals surface area contributed by atoms with Gasteiger partial charge in [-0.2, -0.15) is 0 Å². The average molecular weight is 283 g/mol. The second-order valence-corrected chi connectivity index (χ2v) is 6.60. The third-order valence-electron chi connectivity index (χ3n) is 5.28. The van der Waals surface area contributed by atoms with Crippen molar-refractivity contribution in [2.75, 3.05) is 13.1 Å². The lowest BCUT2D eigenvalue weighted by atomic mass is 9.94. The second kappa shape index (κ2) is 5.82. The number of piperidine rings is 1. The summed E-state index contributed by atoms with van der Waals surface area (Å²) in [7, 11) is 0. The zero-order chi connectivity index (χ0) is 14.1. The molecule has 3 heteroatoms. The molecule has 2 aromatic rings. The standard InChI is InChI=1S/C18H25N3/c1-2-7-16-15(6-1)14(12-20-16)13-21-11-4-3-9-18(21)17-8-5-10-19-17/h1-2,6-7,12,17-20H,3-5,8-11,13H2. The molecule has 2 N–H and O–H groups in total. The van der Waals surface area contributed by atoms with E-state index in [1.165, 1.54) is 61.7 Å². The van der Waals surface area contributed by atoms with E-state index in [0.717, 1.165) is 18.6 Å². The van der Waals surface area contributed by atoms with Crippen molar-refractivity contribution in [2.24, 2.45) is 0 Å². The molecule has 2 fully saturated rings. The monoisotopic (exact) mass is 283 g/mol. The van der Waals surface area contributed by atoms with Crippen LogP contribution in [0.3, 0.4) is 0 Å². The molecule has 3 heterocycles. The van der Waals surface area contributed by atoms with E-state index in [4.69, 9.17) is 0 Å². The van der Waals surface area contributed by atoms with E-state index in [9.17, 15) is 0 Å². The van der Waals surface area contributed by atoms with E-state index in [2.05, 4.69) is 45.7 Å². The van der Waals surface area contributed by atoms with Crippen LogP contribution in [-0.2, 0) is 6.54 Å². The highest BCUT2D eigenvalue weighted by atomic mass is 15.2. The first-order valence-electron chi connectivity index (χ1n) is 8.44. The van der Waals surface area contributed by atoms with Gasteiger partial charge in [0.2, 0.25) is 0 Å². The number of hydrogen-bond acceptors (Lipinski definition) is 2. The van der Waals surface area contributed by atoms with Crippen molar-refractivity contribution in [2.45, 2.75) is 50.7 Å². The van der Waals surface area contributed by atoms with Gasteiger partial charge in [0, 0.05) is 35.7 Å². The summed E-state index contributed by atoms with van der Waals surface area (Å²) in [6.45, 7) is 3.55. The van der Waals surface area contributed by atoms with E-state index in [1.54, 1.807) is 0 Å². The molecule has 3 nitrogen and oxygen atoms in total. The van der Waals surface area contributed by atoms with E-state index in [1.807, 2.05) is 0 Å². The smallest absolute Gasteiger partial charge is 0.0457 e. The fraction of sp³-hybridized carbons (Fsp3) is 0.556. The largest absolute Gasteiger partial charge is 0.361 e. The van der Waals surface area contributed by atoms with E-state index < -0.39 is 0 Å². The summed E-state index contributed by atoms with van der Waals surface area (Å²) in [5.74, 6) is 0. The Balaban J connectivity index is 1.56. The van der Waals surface area contributed by atoms with Gasteiger partial charge in [-0.1, -0.05) is 24.6 Å². The molecule has 112 valence electrons. The number of para-hydroxylation sites is 1. The number of hydrogen-bond donors (Lipinski definition) is 2. The number of aromatic amines is 1. The van der Waals surface area contributed by atoms with Crippen LogP contribution >= 0.6 is 0 Å². The normalized spacial score (nSPS) is 27.4. The fourth-order valence-electron chi connectivity index (χ4n) is 4.19. The molecule has 0 bridgehead atoms. The number of rotatable bonds is 3. The number of H-pyrrole nitrogens is 1. The summed E-state index contributed by atoms with van der Waals surface area (Å²) in [6.07, 6.45) is 9.02. The number of aromatic nitrogens is 1. The van der Waals surface area contributed by atoms with Gasteiger partial charge in [-0.05, 0) is 50.4 Å². The van der Waals surface area contributed by atoms with E-state index in [0.29, 0.717) is 0 Å². The molecule has 0 aliphatic carbocycles. The van der Waals surface area contributed by atoms with Crippen molar-refractivity contribution in [3.63, 3.8) is 0 Å². The van der Waals surface area contributed by atoms with E-state index in [-0.39, 0.29) is 0 Å². The van der Waals surface area contributed by atoms with Gasteiger partial charge in [0.25, 0.3) is 0 Å². The molecule has 1 aromatic carbocycles. The molecular formula is C18H25N3. The molecule has 0 saturated carbocycles. The van der Waals surface area contributed by atoms with Crippen LogP contribution in [0.1, 0.15) is 37.7 Å². The molecule has 2 saturated heterocycles. The topological polar surface area (TPSA) is 31.1 Å². The summed E-state index contributed by atoms with van der Waals surface area (Å²) in [6, 6.07) is 10.1. The highest BCUT2D eigenvalue weighted by molar-refractivity contribution is 5.82. The Kier molecular flexibility index (Phi) is 3.70. The van der Waals surface area contributed by atoms with Gasteiger partial charge >= 0.3 is 0 Å². The van der Waals surface area contributed by atoms with Crippen LogP contribution in [0.2, 0.25) is 0 Å². The van der Waals surface area contributed by atoms with Gasteiger partial charge < -0.3 is 10.3 Å². The van der Waals surface area contributed by atoms with Gasteiger partial charge in [0.1, 0.15) is 0 Å². The molecule has 2 atom stereocenters. The lowest BCUT2D eigenvalue weighted by Crippen LogP contribution is -2.49. The van der Waals surface area contributed by atoms with Crippen LogP contribution in [0.5, 0.6) is 0 Å². The Bertz CT molecular complexity index is 597. The van der Waals surface area contributed by atoms with E-state index >= 15 is 0 Å². The third-order valence-corrected chi connectivity index (χ3v) is 5.28. The zero-order valence-electron chi connectivity index (χ0n) is 12.6. The molecule has 2 aliphatic rings. The van der Waals surface area contributed by atoms with Crippen molar-refractivity contribution >= 4 is 10.9 Å². The van der Waals surface area contributed by atoms with Gasteiger partial charge in [0.15, 0.2) is 0 Å². The molecule has 2 aliphatic heterocycles.